The largest absolute Gasteiger partial charge is 0.350 e. The number of hydrogen-bond acceptors (Lipinski definition) is 2. The van der Waals surface area contributed by atoms with Crippen LogP contribution in [0.25, 0.3) is 0 Å². The number of rotatable bonds is 5. The second kappa shape index (κ2) is 6.96. The van der Waals surface area contributed by atoms with Crippen LogP contribution in [0.1, 0.15) is 36.7 Å². The highest BCUT2D eigenvalue weighted by atomic mass is 35.5. The number of aryl methyl sites for hydroxylation is 1. The first-order valence-corrected chi connectivity index (χ1v) is 7.43. The highest BCUT2D eigenvalue weighted by Crippen LogP contribution is 2.15. The van der Waals surface area contributed by atoms with E-state index in [-0.39, 0.29) is 5.91 Å². The Morgan fingerprint density at radius 3 is 3.16 bits per heavy atom. The number of carbonyl (C=O) groups excluding carboxylic acids is 1. The number of aromatic nitrogens is 1. The van der Waals surface area contributed by atoms with Crippen molar-refractivity contribution in [2.45, 2.75) is 32.7 Å². The number of amides is 1. The van der Waals surface area contributed by atoms with Crippen molar-refractivity contribution in [2.24, 2.45) is 5.92 Å². The number of nitrogens with zero attached hydrogens (tertiary/aromatic N) is 1. The molecule has 4 nitrogen and oxygen atoms in total. The van der Waals surface area contributed by atoms with Gasteiger partial charge in [0, 0.05) is 19.3 Å². The van der Waals surface area contributed by atoms with Crippen molar-refractivity contribution in [1.82, 2.24) is 15.2 Å². The molecule has 1 amide bonds. The molecular formula is C14H22ClN3O. The number of piperidine rings is 1. The van der Waals surface area contributed by atoms with Gasteiger partial charge in [-0.1, -0.05) is 18.5 Å². The van der Waals surface area contributed by atoms with Crippen LogP contribution in [0, 0.1) is 5.92 Å². The standard InChI is InChI=1S/C14H22ClN3O/c1-2-6-18-10-12(15)7-13(18)14(19)17-9-11-4-3-5-16-8-11/h7,10-11,16H,2-6,8-9H2,1H3,(H,17,19). The lowest BCUT2D eigenvalue weighted by molar-refractivity contribution is 0.0935. The van der Waals surface area contributed by atoms with E-state index >= 15 is 0 Å². The summed E-state index contributed by atoms with van der Waals surface area (Å²) >= 11 is 5.98. The Morgan fingerprint density at radius 2 is 2.47 bits per heavy atom. The predicted octanol–water partition coefficient (Wildman–Crippen LogP) is 2.28. The van der Waals surface area contributed by atoms with Crippen LogP contribution in [0.5, 0.6) is 0 Å². The molecule has 1 fully saturated rings. The van der Waals surface area contributed by atoms with Crippen LogP contribution < -0.4 is 10.6 Å². The summed E-state index contributed by atoms with van der Waals surface area (Å²) < 4.78 is 1.93. The lowest BCUT2D eigenvalue weighted by Gasteiger charge is -2.22. The van der Waals surface area contributed by atoms with Crippen LogP contribution in [0.3, 0.4) is 0 Å². The Kier molecular flexibility index (Phi) is 5.28. The van der Waals surface area contributed by atoms with Gasteiger partial charge in [0.15, 0.2) is 0 Å². The fraction of sp³-hybridized carbons (Fsp3) is 0.643. The van der Waals surface area contributed by atoms with E-state index in [1.54, 1.807) is 6.07 Å². The molecule has 1 aliphatic rings. The van der Waals surface area contributed by atoms with E-state index in [1.165, 1.54) is 12.8 Å². The van der Waals surface area contributed by atoms with Crippen molar-refractivity contribution in [3.63, 3.8) is 0 Å². The summed E-state index contributed by atoms with van der Waals surface area (Å²) in [5.41, 5.74) is 0.663. The molecule has 1 aromatic heterocycles. The van der Waals surface area contributed by atoms with Crippen molar-refractivity contribution in [3.8, 4) is 0 Å². The number of hydrogen-bond donors (Lipinski definition) is 2. The first kappa shape index (κ1) is 14.4. The molecule has 1 aliphatic heterocycles. The number of nitrogens with one attached hydrogen (secondary N) is 2. The summed E-state index contributed by atoms with van der Waals surface area (Å²) in [6.45, 7) is 5.74. The van der Waals surface area contributed by atoms with E-state index in [0.29, 0.717) is 16.6 Å². The lowest BCUT2D eigenvalue weighted by atomic mass is 10.00. The average molecular weight is 284 g/mol. The van der Waals surface area contributed by atoms with E-state index in [9.17, 15) is 4.79 Å². The van der Waals surface area contributed by atoms with Gasteiger partial charge in [-0.25, -0.2) is 0 Å². The van der Waals surface area contributed by atoms with Crippen LogP contribution in [0.4, 0.5) is 0 Å². The van der Waals surface area contributed by atoms with Crippen LogP contribution in [-0.4, -0.2) is 30.1 Å². The van der Waals surface area contributed by atoms with Crippen molar-refractivity contribution in [3.05, 3.63) is 23.0 Å². The second-order valence-electron chi connectivity index (χ2n) is 5.16. The molecular weight excluding hydrogens is 262 g/mol. The second-order valence-corrected chi connectivity index (χ2v) is 5.60. The van der Waals surface area contributed by atoms with E-state index < -0.39 is 0 Å². The third-order valence-corrected chi connectivity index (χ3v) is 3.72. The van der Waals surface area contributed by atoms with Crippen molar-refractivity contribution in [1.29, 1.82) is 0 Å². The average Bonchev–Trinajstić information content (AvgIpc) is 2.79. The minimum atomic E-state index is -0.0223. The molecule has 19 heavy (non-hydrogen) atoms. The monoisotopic (exact) mass is 283 g/mol. The van der Waals surface area contributed by atoms with Crippen LogP contribution in [0.15, 0.2) is 12.3 Å². The molecule has 1 aromatic rings. The molecule has 1 saturated heterocycles. The summed E-state index contributed by atoms with van der Waals surface area (Å²) in [6, 6.07) is 1.74. The quantitative estimate of drug-likeness (QED) is 0.871. The maximum atomic E-state index is 12.2. The molecule has 0 saturated carbocycles. The Morgan fingerprint density at radius 1 is 1.63 bits per heavy atom. The Bertz CT molecular complexity index is 424. The zero-order valence-electron chi connectivity index (χ0n) is 11.4. The van der Waals surface area contributed by atoms with Crippen LogP contribution >= 0.6 is 11.6 Å². The van der Waals surface area contributed by atoms with Gasteiger partial charge in [-0.2, -0.15) is 0 Å². The van der Waals surface area contributed by atoms with Crippen molar-refractivity contribution >= 4 is 17.5 Å². The maximum absolute atomic E-state index is 12.2. The van der Waals surface area contributed by atoms with Gasteiger partial charge in [0.2, 0.25) is 0 Å². The fourth-order valence-corrected chi connectivity index (χ4v) is 2.74. The van der Waals surface area contributed by atoms with E-state index in [0.717, 1.165) is 32.6 Å². The first-order chi connectivity index (χ1) is 9.20. The van der Waals surface area contributed by atoms with E-state index in [1.807, 2.05) is 10.8 Å². The molecule has 0 bridgehead atoms. The zero-order valence-corrected chi connectivity index (χ0v) is 12.2. The highest BCUT2D eigenvalue weighted by Gasteiger charge is 2.16. The summed E-state index contributed by atoms with van der Waals surface area (Å²) in [5.74, 6) is 0.522. The predicted molar refractivity (Wildman–Crippen MR) is 77.7 cm³/mol. The maximum Gasteiger partial charge on any atom is 0.267 e. The molecule has 0 spiro atoms. The minimum absolute atomic E-state index is 0.0223. The van der Waals surface area contributed by atoms with Gasteiger partial charge >= 0.3 is 0 Å². The van der Waals surface area contributed by atoms with Gasteiger partial charge in [0.05, 0.1) is 5.02 Å². The van der Waals surface area contributed by atoms with Gasteiger partial charge < -0.3 is 15.2 Å². The van der Waals surface area contributed by atoms with Crippen LogP contribution in [-0.2, 0) is 6.54 Å². The molecule has 1 atom stereocenters. The van der Waals surface area contributed by atoms with Crippen molar-refractivity contribution < 1.29 is 4.79 Å². The Labute approximate surface area is 119 Å². The summed E-state index contributed by atoms with van der Waals surface area (Å²) in [5, 5.41) is 7.00. The van der Waals surface area contributed by atoms with Gasteiger partial charge in [0.1, 0.15) is 5.69 Å². The molecule has 5 heteroatoms. The van der Waals surface area contributed by atoms with Gasteiger partial charge in [-0.3, -0.25) is 4.79 Å². The minimum Gasteiger partial charge on any atom is -0.350 e. The summed E-state index contributed by atoms with van der Waals surface area (Å²) in [6.07, 6.45) is 5.18. The molecule has 1 unspecified atom stereocenters. The SMILES string of the molecule is CCCn1cc(Cl)cc1C(=O)NCC1CCCNC1. The molecule has 2 N–H and O–H groups in total. The van der Waals surface area contributed by atoms with Gasteiger partial charge in [-0.05, 0) is 44.3 Å². The smallest absolute Gasteiger partial charge is 0.267 e. The molecule has 0 radical (unpaired) electrons. The molecule has 0 aromatic carbocycles. The van der Waals surface area contributed by atoms with E-state index in [4.69, 9.17) is 11.6 Å². The number of carbonyl (C=O) groups is 1. The Balaban J connectivity index is 1.91. The number of halogens is 1. The van der Waals surface area contributed by atoms with E-state index in [2.05, 4.69) is 17.6 Å². The fourth-order valence-electron chi connectivity index (χ4n) is 2.52. The lowest BCUT2D eigenvalue weighted by Crippen LogP contribution is -2.38. The molecule has 106 valence electrons. The van der Waals surface area contributed by atoms with Gasteiger partial charge in [0.25, 0.3) is 5.91 Å². The highest BCUT2D eigenvalue weighted by molar-refractivity contribution is 6.31. The van der Waals surface area contributed by atoms with Crippen molar-refractivity contribution in [2.75, 3.05) is 19.6 Å². The van der Waals surface area contributed by atoms with Gasteiger partial charge in [-0.15, -0.1) is 0 Å². The zero-order chi connectivity index (χ0) is 13.7. The van der Waals surface area contributed by atoms with Crippen LogP contribution in [0.2, 0.25) is 5.02 Å². The first-order valence-electron chi connectivity index (χ1n) is 7.05. The molecule has 2 heterocycles. The summed E-state index contributed by atoms with van der Waals surface area (Å²) in [4.78, 5) is 12.2. The summed E-state index contributed by atoms with van der Waals surface area (Å²) in [7, 11) is 0. The Hall–Kier alpha value is -1.00. The normalized spacial score (nSPS) is 19.4. The third-order valence-electron chi connectivity index (χ3n) is 3.51. The third kappa shape index (κ3) is 3.98. The molecule has 2 rings (SSSR count). The topological polar surface area (TPSA) is 46.1 Å². The molecule has 0 aliphatic carbocycles.